The summed E-state index contributed by atoms with van der Waals surface area (Å²) in [7, 11) is 0. The summed E-state index contributed by atoms with van der Waals surface area (Å²) in [6.07, 6.45) is -0.875. The number of benzene rings is 1. The van der Waals surface area contributed by atoms with Crippen molar-refractivity contribution in [3.63, 3.8) is 0 Å². The molecular formula is C13H14F3N3. The molecule has 1 N–H and O–H groups in total. The van der Waals surface area contributed by atoms with Gasteiger partial charge in [0.1, 0.15) is 5.82 Å². The van der Waals surface area contributed by atoms with E-state index in [2.05, 4.69) is 10.3 Å². The zero-order valence-electron chi connectivity index (χ0n) is 10.4. The third-order valence-electron chi connectivity index (χ3n) is 2.82. The zero-order valence-corrected chi connectivity index (χ0v) is 10.4. The fraction of sp³-hybridized carbons (Fsp3) is 0.308. The molecule has 0 amide bonds. The minimum Gasteiger partial charge on any atom is -0.383 e. The standard InChI is InChI=1S/C13H14F3N3/c1-10-17-6-8-19(10)9-7-18-12-5-3-2-4-11(12)13(14,15)16/h2-6,8,18H,7,9H2,1H3. The van der Waals surface area contributed by atoms with E-state index in [1.54, 1.807) is 18.5 Å². The first-order chi connectivity index (χ1) is 8.98. The van der Waals surface area contributed by atoms with Gasteiger partial charge in [-0.25, -0.2) is 4.98 Å². The molecule has 19 heavy (non-hydrogen) atoms. The van der Waals surface area contributed by atoms with Crippen molar-refractivity contribution in [2.24, 2.45) is 0 Å². The lowest BCUT2D eigenvalue weighted by Gasteiger charge is -2.14. The second-order valence-corrected chi connectivity index (χ2v) is 4.14. The van der Waals surface area contributed by atoms with Gasteiger partial charge in [0.25, 0.3) is 0 Å². The van der Waals surface area contributed by atoms with Gasteiger partial charge in [0.2, 0.25) is 0 Å². The number of aromatic nitrogens is 2. The molecule has 1 aromatic carbocycles. The van der Waals surface area contributed by atoms with E-state index in [0.29, 0.717) is 13.1 Å². The summed E-state index contributed by atoms with van der Waals surface area (Å²) >= 11 is 0. The number of rotatable bonds is 4. The van der Waals surface area contributed by atoms with Crippen molar-refractivity contribution in [3.8, 4) is 0 Å². The topological polar surface area (TPSA) is 29.9 Å². The predicted octanol–water partition coefficient (Wildman–Crippen LogP) is 3.32. The first-order valence-corrected chi connectivity index (χ1v) is 5.86. The maximum absolute atomic E-state index is 12.8. The smallest absolute Gasteiger partial charge is 0.383 e. The number of imidazole rings is 1. The number of anilines is 1. The summed E-state index contributed by atoms with van der Waals surface area (Å²) in [5, 5.41) is 2.82. The highest BCUT2D eigenvalue weighted by molar-refractivity contribution is 5.52. The van der Waals surface area contributed by atoms with Gasteiger partial charge < -0.3 is 9.88 Å². The van der Waals surface area contributed by atoms with E-state index in [4.69, 9.17) is 0 Å². The lowest BCUT2D eigenvalue weighted by Crippen LogP contribution is -2.15. The van der Waals surface area contributed by atoms with Crippen molar-refractivity contribution in [1.82, 2.24) is 9.55 Å². The second-order valence-electron chi connectivity index (χ2n) is 4.14. The van der Waals surface area contributed by atoms with Crippen LogP contribution in [0.5, 0.6) is 0 Å². The Morgan fingerprint density at radius 2 is 2.00 bits per heavy atom. The molecule has 0 aliphatic rings. The maximum Gasteiger partial charge on any atom is 0.418 e. The van der Waals surface area contributed by atoms with Gasteiger partial charge in [0, 0.05) is 31.2 Å². The Labute approximate surface area is 109 Å². The molecule has 0 atom stereocenters. The average Bonchev–Trinajstić information content (AvgIpc) is 2.75. The van der Waals surface area contributed by atoms with Crippen LogP contribution in [-0.4, -0.2) is 16.1 Å². The van der Waals surface area contributed by atoms with Crippen molar-refractivity contribution in [3.05, 3.63) is 48.0 Å². The molecule has 0 saturated carbocycles. The second kappa shape index (κ2) is 5.34. The van der Waals surface area contributed by atoms with E-state index in [9.17, 15) is 13.2 Å². The Morgan fingerprint density at radius 3 is 2.63 bits per heavy atom. The van der Waals surface area contributed by atoms with Crippen LogP contribution in [0, 0.1) is 6.92 Å². The number of para-hydroxylation sites is 1. The van der Waals surface area contributed by atoms with Crippen molar-refractivity contribution < 1.29 is 13.2 Å². The first kappa shape index (κ1) is 13.5. The lowest BCUT2D eigenvalue weighted by molar-refractivity contribution is -0.136. The highest BCUT2D eigenvalue weighted by atomic mass is 19.4. The Morgan fingerprint density at radius 1 is 1.26 bits per heavy atom. The Kier molecular flexibility index (Phi) is 3.78. The van der Waals surface area contributed by atoms with Gasteiger partial charge >= 0.3 is 6.18 Å². The molecule has 0 aliphatic carbocycles. The molecule has 6 heteroatoms. The molecule has 1 heterocycles. The fourth-order valence-corrected chi connectivity index (χ4v) is 1.84. The monoisotopic (exact) mass is 269 g/mol. The fourth-order valence-electron chi connectivity index (χ4n) is 1.84. The minimum atomic E-state index is -4.34. The van der Waals surface area contributed by atoms with Crippen LogP contribution in [0.1, 0.15) is 11.4 Å². The molecule has 1 aromatic heterocycles. The number of aryl methyl sites for hydroxylation is 1. The van der Waals surface area contributed by atoms with Crippen LogP contribution < -0.4 is 5.32 Å². The number of nitrogens with zero attached hydrogens (tertiary/aromatic N) is 2. The predicted molar refractivity (Wildman–Crippen MR) is 66.9 cm³/mol. The quantitative estimate of drug-likeness (QED) is 0.922. The molecule has 102 valence electrons. The highest BCUT2D eigenvalue weighted by Gasteiger charge is 2.32. The third-order valence-corrected chi connectivity index (χ3v) is 2.82. The average molecular weight is 269 g/mol. The SMILES string of the molecule is Cc1nccn1CCNc1ccccc1C(F)(F)F. The molecule has 2 rings (SSSR count). The van der Waals surface area contributed by atoms with Crippen LogP contribution in [0.2, 0.25) is 0 Å². The molecule has 0 fully saturated rings. The van der Waals surface area contributed by atoms with E-state index in [-0.39, 0.29) is 5.69 Å². The van der Waals surface area contributed by atoms with Crippen molar-refractivity contribution in [2.45, 2.75) is 19.6 Å². The number of hydrogen-bond acceptors (Lipinski definition) is 2. The number of hydrogen-bond donors (Lipinski definition) is 1. The summed E-state index contributed by atoms with van der Waals surface area (Å²) in [4.78, 5) is 4.05. The Hall–Kier alpha value is -1.98. The largest absolute Gasteiger partial charge is 0.418 e. The zero-order chi connectivity index (χ0) is 13.9. The molecule has 2 aromatic rings. The van der Waals surface area contributed by atoms with Gasteiger partial charge in [-0.2, -0.15) is 13.2 Å². The molecule has 0 radical (unpaired) electrons. The van der Waals surface area contributed by atoms with Crippen LogP contribution in [0.4, 0.5) is 18.9 Å². The number of alkyl halides is 3. The summed E-state index contributed by atoms with van der Waals surface area (Å²) in [6, 6.07) is 5.47. The summed E-state index contributed by atoms with van der Waals surface area (Å²) in [5.74, 6) is 0.839. The van der Waals surface area contributed by atoms with Gasteiger partial charge in [-0.05, 0) is 19.1 Å². The molecule has 0 bridgehead atoms. The van der Waals surface area contributed by atoms with Gasteiger partial charge in [-0.15, -0.1) is 0 Å². The lowest BCUT2D eigenvalue weighted by atomic mass is 10.1. The van der Waals surface area contributed by atoms with Crippen LogP contribution >= 0.6 is 0 Å². The van der Waals surface area contributed by atoms with Gasteiger partial charge in [0.05, 0.1) is 5.56 Å². The molecule has 0 saturated heterocycles. The van der Waals surface area contributed by atoms with Crippen molar-refractivity contribution in [2.75, 3.05) is 11.9 Å². The van der Waals surface area contributed by atoms with Crippen molar-refractivity contribution in [1.29, 1.82) is 0 Å². The maximum atomic E-state index is 12.8. The van der Waals surface area contributed by atoms with Gasteiger partial charge in [-0.1, -0.05) is 12.1 Å². The molecule has 0 aliphatic heterocycles. The Bertz CT molecular complexity index is 546. The molecular weight excluding hydrogens is 255 g/mol. The summed E-state index contributed by atoms with van der Waals surface area (Å²) < 4.78 is 40.2. The number of halogens is 3. The normalized spacial score (nSPS) is 11.6. The van der Waals surface area contributed by atoms with E-state index < -0.39 is 11.7 Å². The summed E-state index contributed by atoms with van der Waals surface area (Å²) in [5.41, 5.74) is -0.537. The first-order valence-electron chi connectivity index (χ1n) is 5.86. The van der Waals surface area contributed by atoms with E-state index in [1.165, 1.54) is 12.1 Å². The van der Waals surface area contributed by atoms with E-state index in [1.807, 2.05) is 11.5 Å². The highest BCUT2D eigenvalue weighted by Crippen LogP contribution is 2.34. The number of nitrogens with one attached hydrogen (secondary N) is 1. The van der Waals surface area contributed by atoms with E-state index >= 15 is 0 Å². The van der Waals surface area contributed by atoms with Crippen LogP contribution in [0.3, 0.4) is 0 Å². The minimum absolute atomic E-state index is 0.104. The molecule has 0 spiro atoms. The van der Waals surface area contributed by atoms with E-state index in [0.717, 1.165) is 11.9 Å². The third kappa shape index (κ3) is 3.27. The van der Waals surface area contributed by atoms with Crippen molar-refractivity contribution >= 4 is 5.69 Å². The van der Waals surface area contributed by atoms with Crippen LogP contribution in [0.15, 0.2) is 36.7 Å². The molecule has 0 unspecified atom stereocenters. The van der Waals surface area contributed by atoms with Gasteiger partial charge in [-0.3, -0.25) is 0 Å². The van der Waals surface area contributed by atoms with Crippen LogP contribution in [0.25, 0.3) is 0 Å². The molecule has 3 nitrogen and oxygen atoms in total. The van der Waals surface area contributed by atoms with Crippen LogP contribution in [-0.2, 0) is 12.7 Å². The summed E-state index contributed by atoms with van der Waals surface area (Å²) in [6.45, 7) is 2.83. The van der Waals surface area contributed by atoms with Gasteiger partial charge in [0.15, 0.2) is 0 Å². The Balaban J connectivity index is 2.02.